The van der Waals surface area contributed by atoms with Crippen molar-refractivity contribution in [3.8, 4) is 0 Å². The van der Waals surface area contributed by atoms with Crippen molar-refractivity contribution in [1.82, 2.24) is 0 Å². The van der Waals surface area contributed by atoms with Crippen LogP contribution in [-0.4, -0.2) is 102 Å². The van der Waals surface area contributed by atoms with E-state index in [0.29, 0.717) is 26.4 Å². The van der Waals surface area contributed by atoms with Gasteiger partial charge in [0.2, 0.25) is 0 Å². The first-order chi connectivity index (χ1) is 12.7. The lowest BCUT2D eigenvalue weighted by molar-refractivity contribution is -0.175. The van der Waals surface area contributed by atoms with E-state index in [1.165, 1.54) is 0 Å². The maximum atomic E-state index is 6.17. The topological polar surface area (TPSA) is 87.0 Å². The van der Waals surface area contributed by atoms with Gasteiger partial charge in [-0.05, 0) is 13.8 Å². The summed E-state index contributed by atoms with van der Waals surface area (Å²) in [5, 5.41) is 0. The van der Waals surface area contributed by atoms with Crippen LogP contribution in [0.5, 0.6) is 0 Å². The van der Waals surface area contributed by atoms with Crippen LogP contribution >= 0.6 is 0 Å². The zero-order valence-corrected chi connectivity index (χ0v) is 15.5. The van der Waals surface area contributed by atoms with E-state index < -0.39 is 0 Å². The van der Waals surface area contributed by atoms with Crippen LogP contribution in [0.15, 0.2) is 0 Å². The smallest absolute Gasteiger partial charge is 0.112 e. The summed E-state index contributed by atoms with van der Waals surface area (Å²) in [6.07, 6.45) is -0.0225. The Balaban J connectivity index is 1.35. The van der Waals surface area contributed by atoms with Crippen molar-refractivity contribution < 1.29 is 37.9 Å². The molecule has 0 saturated carbocycles. The molecule has 4 aliphatic rings. The normalized spacial score (nSPS) is 36.2. The molecule has 0 aliphatic carbocycles. The third-order valence-electron chi connectivity index (χ3n) is 4.90. The van der Waals surface area contributed by atoms with Crippen LogP contribution in [0.25, 0.3) is 0 Å². The summed E-state index contributed by atoms with van der Waals surface area (Å²) in [5.74, 6) is 0. The van der Waals surface area contributed by atoms with E-state index in [-0.39, 0.29) is 48.8 Å². The van der Waals surface area contributed by atoms with Crippen LogP contribution in [0.2, 0.25) is 0 Å². The lowest BCUT2D eigenvalue weighted by Crippen LogP contribution is -2.49. The van der Waals surface area contributed by atoms with Gasteiger partial charge in [0.25, 0.3) is 0 Å². The number of ether oxygens (including phenoxy) is 8. The third kappa shape index (κ3) is 6.38. The predicted octanol–water partition coefficient (Wildman–Crippen LogP) is 0.162. The molecule has 0 aromatic rings. The summed E-state index contributed by atoms with van der Waals surface area (Å²) in [5.41, 5.74) is 0. The minimum Gasteiger partial charge on any atom is -0.373 e. The average Bonchev–Trinajstić information content (AvgIpc) is 3.49. The molecule has 0 aromatic carbocycles. The van der Waals surface area contributed by atoms with E-state index >= 15 is 0 Å². The molecule has 0 amide bonds. The maximum Gasteiger partial charge on any atom is 0.112 e. The summed E-state index contributed by atoms with van der Waals surface area (Å²) < 4.78 is 45.4. The SMILES string of the molecule is CC(OCC1CO1)C(OCC1CO1)C(OCC1CO1)C(C)OCC1CO1. The van der Waals surface area contributed by atoms with Gasteiger partial charge in [-0.3, -0.25) is 0 Å². The van der Waals surface area contributed by atoms with Gasteiger partial charge in [-0.1, -0.05) is 0 Å². The molecular weight excluding hydrogens is 344 g/mol. The highest BCUT2D eigenvalue weighted by molar-refractivity contribution is 4.86. The first kappa shape index (κ1) is 19.0. The Labute approximate surface area is 154 Å². The molecular formula is C18H30O8. The molecule has 8 nitrogen and oxygen atoms in total. The summed E-state index contributed by atoms with van der Waals surface area (Å²) in [6.45, 7) is 9.31. The molecule has 26 heavy (non-hydrogen) atoms. The van der Waals surface area contributed by atoms with Crippen molar-refractivity contribution in [3.63, 3.8) is 0 Å². The van der Waals surface area contributed by atoms with Crippen molar-refractivity contribution in [3.05, 3.63) is 0 Å². The number of epoxide rings is 4. The van der Waals surface area contributed by atoms with Crippen LogP contribution in [0.1, 0.15) is 13.8 Å². The monoisotopic (exact) mass is 374 g/mol. The second-order valence-electron chi connectivity index (χ2n) is 7.49. The standard InChI is InChI=1S/C18H30O8/c1-11(19-3-13-5-21-13)17(25-9-15-7-23-15)18(26-10-16-8-24-16)12(2)20-4-14-6-22-14/h11-18H,3-10H2,1-2H3. The molecule has 0 aromatic heterocycles. The molecule has 150 valence electrons. The molecule has 8 heteroatoms. The maximum absolute atomic E-state index is 6.17. The van der Waals surface area contributed by atoms with Gasteiger partial charge in [0, 0.05) is 0 Å². The van der Waals surface area contributed by atoms with E-state index in [2.05, 4.69) is 0 Å². The summed E-state index contributed by atoms with van der Waals surface area (Å²) >= 11 is 0. The van der Waals surface area contributed by atoms with Crippen LogP contribution in [0.4, 0.5) is 0 Å². The molecule has 0 spiro atoms. The molecule has 8 unspecified atom stereocenters. The van der Waals surface area contributed by atoms with Gasteiger partial charge in [-0.25, -0.2) is 0 Å². The Morgan fingerprint density at radius 3 is 1.12 bits per heavy atom. The zero-order chi connectivity index (χ0) is 17.9. The highest BCUT2D eigenvalue weighted by Crippen LogP contribution is 2.24. The molecule has 0 radical (unpaired) electrons. The van der Waals surface area contributed by atoms with Crippen molar-refractivity contribution in [1.29, 1.82) is 0 Å². The van der Waals surface area contributed by atoms with E-state index in [0.717, 1.165) is 26.4 Å². The van der Waals surface area contributed by atoms with Gasteiger partial charge in [-0.15, -0.1) is 0 Å². The Morgan fingerprint density at radius 2 is 0.846 bits per heavy atom. The van der Waals surface area contributed by atoms with Crippen LogP contribution in [0, 0.1) is 0 Å². The minimum atomic E-state index is -0.258. The van der Waals surface area contributed by atoms with Gasteiger partial charge in [0.1, 0.15) is 36.6 Å². The van der Waals surface area contributed by atoms with E-state index in [1.807, 2.05) is 13.8 Å². The van der Waals surface area contributed by atoms with E-state index in [4.69, 9.17) is 37.9 Å². The predicted molar refractivity (Wildman–Crippen MR) is 89.3 cm³/mol. The Kier molecular flexibility index (Phi) is 6.43. The van der Waals surface area contributed by atoms with Crippen LogP contribution in [0.3, 0.4) is 0 Å². The summed E-state index contributed by atoms with van der Waals surface area (Å²) in [4.78, 5) is 0. The number of rotatable bonds is 15. The largest absolute Gasteiger partial charge is 0.373 e. The Hall–Kier alpha value is -0.320. The van der Waals surface area contributed by atoms with Gasteiger partial charge >= 0.3 is 0 Å². The Bertz CT molecular complexity index is 393. The van der Waals surface area contributed by atoms with E-state index in [9.17, 15) is 0 Å². The van der Waals surface area contributed by atoms with E-state index in [1.54, 1.807) is 0 Å². The average molecular weight is 374 g/mol. The first-order valence-electron chi connectivity index (χ1n) is 9.62. The molecule has 4 aliphatic heterocycles. The number of hydrogen-bond acceptors (Lipinski definition) is 8. The van der Waals surface area contributed by atoms with Crippen molar-refractivity contribution in [2.24, 2.45) is 0 Å². The lowest BCUT2D eigenvalue weighted by Gasteiger charge is -2.35. The first-order valence-corrected chi connectivity index (χ1v) is 9.62. The van der Waals surface area contributed by atoms with Crippen LogP contribution < -0.4 is 0 Å². The number of hydrogen-bond donors (Lipinski definition) is 0. The van der Waals surface area contributed by atoms with Crippen molar-refractivity contribution in [2.45, 2.75) is 62.7 Å². The zero-order valence-electron chi connectivity index (χ0n) is 15.5. The molecule has 8 atom stereocenters. The Morgan fingerprint density at radius 1 is 0.577 bits per heavy atom. The summed E-state index contributed by atoms with van der Waals surface area (Å²) in [7, 11) is 0. The molecule has 4 rings (SSSR count). The third-order valence-corrected chi connectivity index (χ3v) is 4.90. The fraction of sp³-hybridized carbons (Fsp3) is 1.00. The molecule has 4 saturated heterocycles. The highest BCUT2D eigenvalue weighted by Gasteiger charge is 2.39. The lowest BCUT2D eigenvalue weighted by atomic mass is 10.0. The minimum absolute atomic E-state index is 0.147. The van der Waals surface area contributed by atoms with Gasteiger partial charge in [0.05, 0.1) is 65.1 Å². The fourth-order valence-corrected chi connectivity index (χ4v) is 2.80. The van der Waals surface area contributed by atoms with Crippen LogP contribution in [-0.2, 0) is 37.9 Å². The fourth-order valence-electron chi connectivity index (χ4n) is 2.80. The van der Waals surface area contributed by atoms with Gasteiger partial charge < -0.3 is 37.9 Å². The molecule has 4 heterocycles. The highest BCUT2D eigenvalue weighted by atomic mass is 16.6. The second kappa shape index (κ2) is 8.79. The molecule has 0 bridgehead atoms. The summed E-state index contributed by atoms with van der Waals surface area (Å²) in [6, 6.07) is 0. The molecule has 4 fully saturated rings. The van der Waals surface area contributed by atoms with Crippen molar-refractivity contribution >= 4 is 0 Å². The molecule has 0 N–H and O–H groups in total. The van der Waals surface area contributed by atoms with Crippen molar-refractivity contribution in [2.75, 3.05) is 52.9 Å². The quantitative estimate of drug-likeness (QED) is 0.375. The second-order valence-corrected chi connectivity index (χ2v) is 7.49. The van der Waals surface area contributed by atoms with Gasteiger partial charge in [-0.2, -0.15) is 0 Å². The van der Waals surface area contributed by atoms with Gasteiger partial charge in [0.15, 0.2) is 0 Å².